The van der Waals surface area contributed by atoms with Gasteiger partial charge in [-0.1, -0.05) is 140 Å². The summed E-state index contributed by atoms with van der Waals surface area (Å²) in [4.78, 5) is 12.2. The molecule has 0 spiro atoms. The summed E-state index contributed by atoms with van der Waals surface area (Å²) in [6, 6.07) is 25.5. The van der Waals surface area contributed by atoms with E-state index in [1.165, 1.54) is 46.1 Å². The van der Waals surface area contributed by atoms with Gasteiger partial charge in [0.15, 0.2) is 0 Å². The number of esters is 1. The van der Waals surface area contributed by atoms with E-state index in [-0.39, 0.29) is 5.97 Å². The van der Waals surface area contributed by atoms with Gasteiger partial charge < -0.3 is 4.74 Å². The Balaban J connectivity index is 0.000000377. The average Bonchev–Trinajstić information content (AvgIpc) is 3.87. The third-order valence-corrected chi connectivity index (χ3v) is 7.08. The number of hydrogen-bond donors (Lipinski definition) is 0. The van der Waals surface area contributed by atoms with Crippen molar-refractivity contribution in [3.05, 3.63) is 179 Å². The first-order valence-corrected chi connectivity index (χ1v) is 14.4. The van der Waals surface area contributed by atoms with E-state index < -0.39 is 0 Å². The molecular formula is C40H39O2. The molecule has 0 N–H and O–H groups in total. The molecule has 0 fully saturated rings. The lowest BCUT2D eigenvalue weighted by atomic mass is 9.90. The molecule has 0 aliphatic heterocycles. The zero-order valence-electron chi connectivity index (χ0n) is 25.0. The molecule has 211 valence electrons. The van der Waals surface area contributed by atoms with Crippen molar-refractivity contribution in [2.45, 2.75) is 27.2 Å². The molecule has 1 unspecified atom stereocenters. The van der Waals surface area contributed by atoms with Crippen molar-refractivity contribution >= 4 is 22.7 Å². The number of ether oxygens (including phenoxy) is 1. The lowest BCUT2D eigenvalue weighted by molar-refractivity contribution is -0.135. The van der Waals surface area contributed by atoms with Gasteiger partial charge in [0.25, 0.3) is 0 Å². The van der Waals surface area contributed by atoms with Crippen LogP contribution in [0, 0.1) is 19.3 Å². The molecule has 3 aromatic rings. The summed E-state index contributed by atoms with van der Waals surface area (Å²) in [5.41, 5.74) is 11.0. The van der Waals surface area contributed by atoms with Crippen molar-refractivity contribution in [3.63, 3.8) is 0 Å². The highest BCUT2D eigenvalue weighted by Gasteiger charge is 2.13. The maximum atomic E-state index is 12.2. The summed E-state index contributed by atoms with van der Waals surface area (Å²) >= 11 is 0. The summed E-state index contributed by atoms with van der Waals surface area (Å²) in [5, 5.41) is 0. The van der Waals surface area contributed by atoms with Crippen LogP contribution in [0.2, 0.25) is 0 Å². The van der Waals surface area contributed by atoms with Gasteiger partial charge in [-0.3, -0.25) is 0 Å². The van der Waals surface area contributed by atoms with Crippen molar-refractivity contribution in [2.24, 2.45) is 5.92 Å². The second-order valence-corrected chi connectivity index (χ2v) is 10.5. The first-order chi connectivity index (χ1) is 20.4. The summed E-state index contributed by atoms with van der Waals surface area (Å²) in [5.74, 6) is -0.00207. The van der Waals surface area contributed by atoms with Gasteiger partial charge in [0, 0.05) is 6.42 Å². The van der Waals surface area contributed by atoms with Crippen molar-refractivity contribution < 1.29 is 9.53 Å². The Morgan fingerprint density at radius 2 is 1.69 bits per heavy atom. The predicted molar refractivity (Wildman–Crippen MR) is 179 cm³/mol. The fourth-order valence-electron chi connectivity index (χ4n) is 4.75. The Kier molecular flexibility index (Phi) is 10.7. The van der Waals surface area contributed by atoms with Crippen LogP contribution in [0.4, 0.5) is 0 Å². The molecule has 2 aliphatic rings. The van der Waals surface area contributed by atoms with Gasteiger partial charge in [0.05, 0.1) is 12.7 Å². The first-order valence-electron chi connectivity index (χ1n) is 14.4. The first kappa shape index (κ1) is 30.3. The van der Waals surface area contributed by atoms with E-state index >= 15 is 0 Å². The lowest BCUT2D eigenvalue weighted by Crippen LogP contribution is -2.03. The van der Waals surface area contributed by atoms with Gasteiger partial charge in [-0.05, 0) is 76.8 Å². The van der Waals surface area contributed by atoms with Crippen molar-refractivity contribution in [3.8, 4) is 0 Å². The van der Waals surface area contributed by atoms with Crippen molar-refractivity contribution in [1.82, 2.24) is 0 Å². The van der Waals surface area contributed by atoms with E-state index in [4.69, 9.17) is 4.74 Å². The average molecular weight is 552 g/mol. The minimum absolute atomic E-state index is 0.372. The summed E-state index contributed by atoms with van der Waals surface area (Å²) in [6.45, 7) is 10.5. The predicted octanol–water partition coefficient (Wildman–Crippen LogP) is 9.71. The number of carbonyl (C=O) groups is 1. The van der Waals surface area contributed by atoms with Crippen LogP contribution in [0.5, 0.6) is 0 Å². The fraction of sp³-hybridized carbons (Fsp3) is 0.150. The second-order valence-electron chi connectivity index (χ2n) is 10.5. The largest absolute Gasteiger partial charge is 0.465 e. The number of aryl methyl sites for hydroxylation is 1. The van der Waals surface area contributed by atoms with Crippen molar-refractivity contribution in [1.29, 1.82) is 0 Å². The molecule has 0 heterocycles. The number of allylic oxidation sites excluding steroid dienone is 11. The molecule has 5 rings (SSSR count). The van der Waals surface area contributed by atoms with Crippen LogP contribution in [-0.2, 0) is 16.0 Å². The second kappa shape index (κ2) is 14.8. The van der Waals surface area contributed by atoms with E-state index in [0.29, 0.717) is 11.5 Å². The van der Waals surface area contributed by atoms with Crippen LogP contribution in [0.1, 0.15) is 47.2 Å². The smallest absolute Gasteiger partial charge is 0.337 e. The Hall–Kier alpha value is -4.69. The van der Waals surface area contributed by atoms with Gasteiger partial charge in [-0.2, -0.15) is 0 Å². The van der Waals surface area contributed by atoms with Gasteiger partial charge in [-0.25, -0.2) is 4.79 Å². The van der Waals surface area contributed by atoms with Crippen molar-refractivity contribution in [2.75, 3.05) is 7.11 Å². The minimum atomic E-state index is -0.374. The summed E-state index contributed by atoms with van der Waals surface area (Å²) in [7, 11) is 1.39. The Morgan fingerprint density at radius 1 is 0.952 bits per heavy atom. The number of rotatable bonds is 8. The number of hydrogen-bond acceptors (Lipinski definition) is 2. The van der Waals surface area contributed by atoms with Crippen LogP contribution in [0.3, 0.4) is 0 Å². The summed E-state index contributed by atoms with van der Waals surface area (Å²) < 4.78 is 4.94. The number of carbonyl (C=O) groups excluding carboxylic acids is 1. The van der Waals surface area contributed by atoms with E-state index in [1.807, 2.05) is 19.1 Å². The standard InChI is InChI=1S/C31H32O2.C9H7/c1-6-9-28(31(32)33-5)19-24(4)30-17-16-27(26-11-8-7-10-23(3)18-26)21-29(30)20-25-14-12-22(2)13-15-25;1-2-4-8(5-3-1)9-6-7-9/h6-19,21,23H,4,20H2,1-3,5H3;1-7H/b9-6-,28-19+;. The molecule has 2 nitrogen and oxygen atoms in total. The highest BCUT2D eigenvalue weighted by atomic mass is 16.5. The summed E-state index contributed by atoms with van der Waals surface area (Å²) in [6.07, 6.45) is 21.2. The highest BCUT2D eigenvalue weighted by molar-refractivity contribution is 5.95. The third-order valence-electron chi connectivity index (χ3n) is 7.08. The molecule has 2 aliphatic carbocycles. The molecule has 0 bridgehead atoms. The normalized spacial score (nSPS) is 15.7. The van der Waals surface area contributed by atoms with E-state index in [2.05, 4.69) is 130 Å². The topological polar surface area (TPSA) is 26.3 Å². The molecule has 0 saturated heterocycles. The molecule has 3 aromatic carbocycles. The third kappa shape index (κ3) is 8.65. The number of benzene rings is 3. The van der Waals surface area contributed by atoms with Crippen LogP contribution in [0.25, 0.3) is 16.7 Å². The molecule has 42 heavy (non-hydrogen) atoms. The number of methoxy groups -OCH3 is 1. The molecule has 0 aromatic heterocycles. The van der Waals surface area contributed by atoms with Gasteiger partial charge >= 0.3 is 5.97 Å². The van der Waals surface area contributed by atoms with Gasteiger partial charge in [0.1, 0.15) is 0 Å². The van der Waals surface area contributed by atoms with E-state index in [9.17, 15) is 4.79 Å². The zero-order valence-corrected chi connectivity index (χ0v) is 25.0. The minimum Gasteiger partial charge on any atom is -0.465 e. The van der Waals surface area contributed by atoms with E-state index in [0.717, 1.165) is 17.6 Å². The lowest BCUT2D eigenvalue weighted by Gasteiger charge is -2.15. The Bertz CT molecular complexity index is 1590. The highest BCUT2D eigenvalue weighted by Crippen LogP contribution is 2.30. The maximum Gasteiger partial charge on any atom is 0.337 e. The molecule has 0 saturated carbocycles. The quantitative estimate of drug-likeness (QED) is 0.158. The van der Waals surface area contributed by atoms with Crippen LogP contribution in [0.15, 0.2) is 140 Å². The van der Waals surface area contributed by atoms with E-state index in [1.54, 1.807) is 12.2 Å². The van der Waals surface area contributed by atoms with Gasteiger partial charge in [0.2, 0.25) is 0 Å². The molecule has 0 amide bonds. The molecule has 1 atom stereocenters. The molecular weight excluding hydrogens is 512 g/mol. The van der Waals surface area contributed by atoms with Crippen LogP contribution < -0.4 is 0 Å². The van der Waals surface area contributed by atoms with Crippen LogP contribution in [-0.4, -0.2) is 13.1 Å². The molecule has 1 radical (unpaired) electrons. The fourth-order valence-corrected chi connectivity index (χ4v) is 4.75. The SMILES string of the molecule is C=C(/C=C(\C=C/C)C(=O)OC)c1ccc(C2=CC(C)C=CC=C2)cc1Cc1ccc(C)cc1.[CH]1C=C1c1ccccc1. The molecule has 2 heteroatoms. The Labute approximate surface area is 251 Å². The van der Waals surface area contributed by atoms with Gasteiger partial charge in [-0.15, -0.1) is 0 Å². The van der Waals surface area contributed by atoms with Crippen LogP contribution >= 0.6 is 0 Å². The monoisotopic (exact) mass is 551 g/mol. The zero-order chi connectivity index (χ0) is 29.9. The maximum absolute atomic E-state index is 12.2. The Morgan fingerprint density at radius 3 is 2.36 bits per heavy atom.